The summed E-state index contributed by atoms with van der Waals surface area (Å²) in [5.74, 6) is 0.923. The van der Waals surface area contributed by atoms with Crippen LogP contribution >= 0.6 is 0 Å². The van der Waals surface area contributed by atoms with Gasteiger partial charge in [-0.15, -0.1) is 0 Å². The molecule has 0 saturated carbocycles. The van der Waals surface area contributed by atoms with Crippen LogP contribution in [-0.2, 0) is 0 Å². The Labute approximate surface area is 124 Å². The number of hydrogen-bond acceptors (Lipinski definition) is 2. The molecule has 0 aliphatic carbocycles. The predicted octanol–water partition coefficient (Wildman–Crippen LogP) is 3.77. The molecular weight excluding hydrogens is 244 g/mol. The maximum atomic E-state index is 3.66. The van der Waals surface area contributed by atoms with E-state index in [-0.39, 0.29) is 0 Å². The van der Waals surface area contributed by atoms with Gasteiger partial charge in [-0.1, -0.05) is 38.1 Å². The maximum absolute atomic E-state index is 3.66. The van der Waals surface area contributed by atoms with Gasteiger partial charge in [0, 0.05) is 6.04 Å². The summed E-state index contributed by atoms with van der Waals surface area (Å²) in [5.41, 5.74) is 2.88. The number of benzene rings is 1. The first-order valence-corrected chi connectivity index (χ1v) is 8.22. The molecule has 1 atom stereocenters. The first-order chi connectivity index (χ1) is 9.70. The Hall–Kier alpha value is -0.860. The van der Waals surface area contributed by atoms with Gasteiger partial charge in [0.25, 0.3) is 0 Å². The third kappa shape index (κ3) is 4.32. The number of rotatable bonds is 6. The van der Waals surface area contributed by atoms with Crippen LogP contribution in [0.5, 0.6) is 0 Å². The summed E-state index contributed by atoms with van der Waals surface area (Å²) < 4.78 is 0. The number of nitrogens with one attached hydrogen (secondary N) is 1. The van der Waals surface area contributed by atoms with E-state index in [0.29, 0.717) is 6.04 Å². The van der Waals surface area contributed by atoms with Gasteiger partial charge < -0.3 is 10.2 Å². The quantitative estimate of drug-likeness (QED) is 0.849. The third-order valence-corrected chi connectivity index (χ3v) is 4.62. The smallest absolute Gasteiger partial charge is 0.0334 e. The largest absolute Gasteiger partial charge is 0.310 e. The van der Waals surface area contributed by atoms with Gasteiger partial charge in [-0.25, -0.2) is 0 Å². The van der Waals surface area contributed by atoms with Crippen molar-refractivity contribution in [1.29, 1.82) is 0 Å². The van der Waals surface area contributed by atoms with Crippen molar-refractivity contribution in [3.63, 3.8) is 0 Å². The lowest BCUT2D eigenvalue weighted by Crippen LogP contribution is -2.35. The number of nitrogens with zero attached hydrogens (tertiary/aromatic N) is 1. The molecule has 0 bridgehead atoms. The summed E-state index contributed by atoms with van der Waals surface area (Å²) in [6, 6.07) is 9.30. The van der Waals surface area contributed by atoms with Crippen LogP contribution in [-0.4, -0.2) is 31.1 Å². The molecule has 2 heteroatoms. The van der Waals surface area contributed by atoms with Gasteiger partial charge >= 0.3 is 0 Å². The first-order valence-electron chi connectivity index (χ1n) is 8.22. The summed E-state index contributed by atoms with van der Waals surface area (Å²) >= 11 is 0. The van der Waals surface area contributed by atoms with Gasteiger partial charge in [-0.3, -0.25) is 0 Å². The number of aryl methyl sites for hydroxylation is 1. The van der Waals surface area contributed by atoms with E-state index < -0.39 is 0 Å². The molecule has 1 aromatic rings. The Bertz CT molecular complexity index is 394. The highest BCUT2D eigenvalue weighted by Gasteiger charge is 2.18. The van der Waals surface area contributed by atoms with Crippen LogP contribution in [0, 0.1) is 12.8 Å². The van der Waals surface area contributed by atoms with Crippen LogP contribution in [0.2, 0.25) is 0 Å². The molecule has 112 valence electrons. The van der Waals surface area contributed by atoms with Crippen molar-refractivity contribution in [2.75, 3.05) is 26.2 Å². The molecule has 1 saturated heterocycles. The number of likely N-dealkylation sites (tertiary alicyclic amines) is 1. The second kappa shape index (κ2) is 7.80. The van der Waals surface area contributed by atoms with Gasteiger partial charge in [-0.2, -0.15) is 0 Å². The molecule has 20 heavy (non-hydrogen) atoms. The second-order valence-corrected chi connectivity index (χ2v) is 6.28. The summed E-state index contributed by atoms with van der Waals surface area (Å²) in [7, 11) is 0. The van der Waals surface area contributed by atoms with Gasteiger partial charge in [0.05, 0.1) is 0 Å². The molecule has 1 aromatic carbocycles. The molecule has 0 spiro atoms. The van der Waals surface area contributed by atoms with Crippen molar-refractivity contribution < 1.29 is 0 Å². The second-order valence-electron chi connectivity index (χ2n) is 6.28. The highest BCUT2D eigenvalue weighted by Crippen LogP contribution is 2.22. The van der Waals surface area contributed by atoms with E-state index in [9.17, 15) is 0 Å². The minimum atomic E-state index is 0.501. The molecular formula is C18H30N2. The van der Waals surface area contributed by atoms with Crippen molar-refractivity contribution in [3.8, 4) is 0 Å². The summed E-state index contributed by atoms with van der Waals surface area (Å²) in [5, 5.41) is 3.66. The van der Waals surface area contributed by atoms with Gasteiger partial charge in [0.1, 0.15) is 0 Å². The fraction of sp³-hybridized carbons (Fsp3) is 0.667. The number of hydrogen-bond donors (Lipinski definition) is 1. The highest BCUT2D eigenvalue weighted by molar-refractivity contribution is 5.28. The molecule has 2 rings (SSSR count). The van der Waals surface area contributed by atoms with Gasteiger partial charge in [0.15, 0.2) is 0 Å². The molecule has 0 radical (unpaired) electrons. The molecule has 1 unspecified atom stereocenters. The highest BCUT2D eigenvalue weighted by atomic mass is 15.1. The van der Waals surface area contributed by atoms with E-state index in [2.05, 4.69) is 55.3 Å². The Balaban J connectivity index is 1.91. The zero-order chi connectivity index (χ0) is 14.4. The zero-order valence-corrected chi connectivity index (χ0v) is 13.4. The molecule has 1 fully saturated rings. The lowest BCUT2D eigenvalue weighted by Gasteiger charge is -2.31. The average Bonchev–Trinajstić information content (AvgIpc) is 2.46. The lowest BCUT2D eigenvalue weighted by atomic mass is 9.96. The topological polar surface area (TPSA) is 15.3 Å². The van der Waals surface area contributed by atoms with E-state index in [4.69, 9.17) is 0 Å². The fourth-order valence-corrected chi connectivity index (χ4v) is 3.19. The van der Waals surface area contributed by atoms with E-state index in [1.807, 2.05) is 0 Å². The molecule has 1 aliphatic heterocycles. The monoisotopic (exact) mass is 274 g/mol. The van der Waals surface area contributed by atoms with E-state index in [1.54, 1.807) is 0 Å². The Morgan fingerprint density at radius 2 is 1.95 bits per heavy atom. The van der Waals surface area contributed by atoms with Crippen LogP contribution in [0.15, 0.2) is 24.3 Å². The summed E-state index contributed by atoms with van der Waals surface area (Å²) in [6.45, 7) is 11.6. The van der Waals surface area contributed by atoms with Crippen molar-refractivity contribution in [3.05, 3.63) is 35.4 Å². The lowest BCUT2D eigenvalue weighted by molar-refractivity contribution is 0.184. The van der Waals surface area contributed by atoms with E-state index in [1.165, 1.54) is 50.0 Å². The van der Waals surface area contributed by atoms with E-state index in [0.717, 1.165) is 12.5 Å². The molecule has 0 amide bonds. The van der Waals surface area contributed by atoms with Crippen LogP contribution in [0.1, 0.15) is 50.3 Å². The number of piperidine rings is 1. The molecule has 2 nitrogen and oxygen atoms in total. The minimum Gasteiger partial charge on any atom is -0.310 e. The van der Waals surface area contributed by atoms with Crippen molar-refractivity contribution >= 4 is 0 Å². The van der Waals surface area contributed by atoms with Crippen molar-refractivity contribution in [1.82, 2.24) is 10.2 Å². The Kier molecular flexibility index (Phi) is 6.06. The maximum Gasteiger partial charge on any atom is 0.0334 e. The van der Waals surface area contributed by atoms with Gasteiger partial charge in [0.2, 0.25) is 0 Å². The zero-order valence-electron chi connectivity index (χ0n) is 13.4. The van der Waals surface area contributed by atoms with E-state index >= 15 is 0 Å². The van der Waals surface area contributed by atoms with Crippen LogP contribution in [0.3, 0.4) is 0 Å². The summed E-state index contributed by atoms with van der Waals surface area (Å²) in [6.07, 6.45) is 3.96. The summed E-state index contributed by atoms with van der Waals surface area (Å²) in [4.78, 5) is 2.64. The van der Waals surface area contributed by atoms with Crippen molar-refractivity contribution in [2.45, 2.75) is 46.1 Å². The predicted molar refractivity (Wildman–Crippen MR) is 87.1 cm³/mol. The normalized spacial score (nSPS) is 19.1. The molecule has 0 aromatic heterocycles. The van der Waals surface area contributed by atoms with Gasteiger partial charge in [-0.05, 0) is 69.4 Å². The first kappa shape index (κ1) is 15.5. The van der Waals surface area contributed by atoms with Crippen molar-refractivity contribution in [2.24, 2.45) is 5.92 Å². The SMILES string of the molecule is CCNC(CCN1CCC(C)CC1)c1ccccc1C. The van der Waals surface area contributed by atoms with Crippen LogP contribution < -0.4 is 5.32 Å². The third-order valence-electron chi connectivity index (χ3n) is 4.62. The Morgan fingerprint density at radius 3 is 2.60 bits per heavy atom. The van der Waals surface area contributed by atoms with Crippen LogP contribution in [0.4, 0.5) is 0 Å². The fourth-order valence-electron chi connectivity index (χ4n) is 3.19. The Morgan fingerprint density at radius 1 is 1.25 bits per heavy atom. The standard InChI is InChI=1S/C18H30N2/c1-4-19-18(17-8-6-5-7-16(17)3)11-14-20-12-9-15(2)10-13-20/h5-8,15,18-19H,4,9-14H2,1-3H3. The van der Waals surface area contributed by atoms with Crippen LogP contribution in [0.25, 0.3) is 0 Å². The molecule has 1 N–H and O–H groups in total. The average molecular weight is 274 g/mol. The molecule has 1 heterocycles. The minimum absolute atomic E-state index is 0.501. The molecule has 1 aliphatic rings.